The summed E-state index contributed by atoms with van der Waals surface area (Å²) in [6.45, 7) is 0. The van der Waals surface area contributed by atoms with E-state index in [9.17, 15) is 4.79 Å². The number of nitrogens with two attached hydrogens (primary N) is 1. The van der Waals surface area contributed by atoms with E-state index in [1.165, 1.54) is 5.56 Å². The lowest BCUT2D eigenvalue weighted by molar-refractivity contribution is -0.117. The fourth-order valence-electron chi connectivity index (χ4n) is 2.90. The van der Waals surface area contributed by atoms with Crippen LogP contribution in [-0.2, 0) is 24.1 Å². The molecule has 0 fully saturated rings. The van der Waals surface area contributed by atoms with Crippen molar-refractivity contribution in [1.29, 1.82) is 0 Å². The third-order valence-corrected chi connectivity index (χ3v) is 3.89. The molecule has 3 aromatic rings. The van der Waals surface area contributed by atoms with Crippen LogP contribution in [0.25, 0.3) is 17.2 Å². The lowest BCUT2D eigenvalue weighted by Gasteiger charge is -2.04. The average Bonchev–Trinajstić information content (AvgIpc) is 3.22. The second kappa shape index (κ2) is 5.31. The van der Waals surface area contributed by atoms with Crippen LogP contribution in [0.5, 0.6) is 0 Å². The largest absolute Gasteiger partial charge is 0.369 e. The fraction of sp³-hybridized carbons (Fsp3) is 0.267. The number of carbonyl (C=O) groups excluding carboxylic acids is 1. The van der Waals surface area contributed by atoms with Crippen molar-refractivity contribution < 1.29 is 4.79 Å². The van der Waals surface area contributed by atoms with E-state index in [1.807, 2.05) is 12.1 Å². The number of H-pyrrole nitrogens is 1. The third-order valence-electron chi connectivity index (χ3n) is 3.89. The molecule has 0 saturated heterocycles. The zero-order valence-corrected chi connectivity index (χ0v) is 12.4. The molecule has 4 rings (SSSR count). The van der Waals surface area contributed by atoms with Crippen molar-refractivity contribution in [2.45, 2.75) is 25.7 Å². The number of hydrogen-bond acceptors (Lipinski definition) is 5. The quantitative estimate of drug-likeness (QED) is 0.731. The van der Waals surface area contributed by atoms with Crippen molar-refractivity contribution >= 4 is 5.91 Å². The highest BCUT2D eigenvalue weighted by atomic mass is 16.1. The smallest absolute Gasteiger partial charge is 0.225 e. The summed E-state index contributed by atoms with van der Waals surface area (Å²) in [5.41, 5.74) is 9.14. The maximum absolute atomic E-state index is 11.2. The van der Waals surface area contributed by atoms with Crippen molar-refractivity contribution in [3.8, 4) is 17.2 Å². The standard InChI is InChI=1S/C15H15N7O/c16-12(23)7-13-18-15(14-10-4-1-5-11(10)19-20-14)22(21-13)9-3-2-6-17-8-9/h2-3,6,8H,1,4-5,7H2,(H2,16,23)(H,19,20). The Balaban J connectivity index is 1.87. The van der Waals surface area contributed by atoms with Crippen molar-refractivity contribution in [2.75, 3.05) is 0 Å². The van der Waals surface area contributed by atoms with Gasteiger partial charge in [-0.3, -0.25) is 14.9 Å². The molecule has 1 aliphatic carbocycles. The van der Waals surface area contributed by atoms with Crippen molar-refractivity contribution in [1.82, 2.24) is 29.9 Å². The van der Waals surface area contributed by atoms with E-state index < -0.39 is 5.91 Å². The predicted molar refractivity (Wildman–Crippen MR) is 81.7 cm³/mol. The number of hydrogen-bond donors (Lipinski definition) is 2. The van der Waals surface area contributed by atoms with Gasteiger partial charge in [0, 0.05) is 17.5 Å². The van der Waals surface area contributed by atoms with Gasteiger partial charge >= 0.3 is 0 Å². The highest BCUT2D eigenvalue weighted by Gasteiger charge is 2.24. The number of aryl methyl sites for hydroxylation is 1. The molecule has 0 atom stereocenters. The molecule has 0 spiro atoms. The molecule has 0 aromatic carbocycles. The number of fused-ring (bicyclic) bond motifs is 1. The number of nitrogens with one attached hydrogen (secondary N) is 1. The van der Waals surface area contributed by atoms with Gasteiger partial charge in [-0.05, 0) is 31.4 Å². The molecule has 3 N–H and O–H groups in total. The molecule has 8 nitrogen and oxygen atoms in total. The molecular weight excluding hydrogens is 294 g/mol. The lowest BCUT2D eigenvalue weighted by atomic mass is 10.2. The van der Waals surface area contributed by atoms with E-state index in [1.54, 1.807) is 17.1 Å². The van der Waals surface area contributed by atoms with Gasteiger partial charge in [-0.15, -0.1) is 0 Å². The summed E-state index contributed by atoms with van der Waals surface area (Å²) >= 11 is 0. The number of carbonyl (C=O) groups is 1. The first-order valence-electron chi connectivity index (χ1n) is 7.43. The molecule has 1 aliphatic rings. The molecule has 8 heteroatoms. The van der Waals surface area contributed by atoms with E-state index in [4.69, 9.17) is 5.73 Å². The molecule has 3 aromatic heterocycles. The summed E-state index contributed by atoms with van der Waals surface area (Å²) in [7, 11) is 0. The first-order valence-corrected chi connectivity index (χ1v) is 7.43. The first-order chi connectivity index (χ1) is 11.2. The molecular formula is C15H15N7O. The van der Waals surface area contributed by atoms with Crippen LogP contribution in [0.4, 0.5) is 0 Å². The maximum atomic E-state index is 11.2. The van der Waals surface area contributed by atoms with Crippen molar-refractivity contribution in [3.63, 3.8) is 0 Å². The summed E-state index contributed by atoms with van der Waals surface area (Å²) in [6, 6.07) is 3.70. The van der Waals surface area contributed by atoms with E-state index in [2.05, 4.69) is 25.3 Å². The van der Waals surface area contributed by atoms with Crippen LogP contribution in [0.1, 0.15) is 23.5 Å². The highest BCUT2D eigenvalue weighted by molar-refractivity contribution is 5.76. The van der Waals surface area contributed by atoms with E-state index >= 15 is 0 Å². The van der Waals surface area contributed by atoms with Gasteiger partial charge in [0.2, 0.25) is 5.91 Å². The molecule has 0 saturated carbocycles. The van der Waals surface area contributed by atoms with Gasteiger partial charge in [-0.25, -0.2) is 9.67 Å². The molecule has 1 amide bonds. The molecule has 3 heterocycles. The predicted octanol–water partition coefficient (Wildman–Crippen LogP) is 0.569. The normalized spacial score (nSPS) is 13.2. The van der Waals surface area contributed by atoms with Crippen LogP contribution in [0.3, 0.4) is 0 Å². The first kappa shape index (κ1) is 13.6. The zero-order chi connectivity index (χ0) is 15.8. The third kappa shape index (κ3) is 2.37. The minimum Gasteiger partial charge on any atom is -0.369 e. The SMILES string of the molecule is NC(=O)Cc1nc(-c2n[nH]c3c2CCC3)n(-c2cccnc2)n1. The number of primary amides is 1. The summed E-state index contributed by atoms with van der Waals surface area (Å²) < 4.78 is 1.67. The van der Waals surface area contributed by atoms with Gasteiger partial charge in [0.05, 0.1) is 18.3 Å². The Hall–Kier alpha value is -3.03. The van der Waals surface area contributed by atoms with Gasteiger partial charge in [0.25, 0.3) is 0 Å². The van der Waals surface area contributed by atoms with Crippen LogP contribution in [0.2, 0.25) is 0 Å². The van der Waals surface area contributed by atoms with Crippen LogP contribution < -0.4 is 5.73 Å². The molecule has 0 radical (unpaired) electrons. The second-order valence-electron chi connectivity index (χ2n) is 5.50. The van der Waals surface area contributed by atoms with E-state index in [0.29, 0.717) is 11.6 Å². The van der Waals surface area contributed by atoms with E-state index in [0.717, 1.165) is 36.3 Å². The minimum absolute atomic E-state index is 0.00707. The number of aromatic amines is 1. The monoisotopic (exact) mass is 309 g/mol. The van der Waals surface area contributed by atoms with E-state index in [-0.39, 0.29) is 6.42 Å². The Kier molecular flexibility index (Phi) is 3.14. The number of pyridine rings is 1. The lowest BCUT2D eigenvalue weighted by Crippen LogP contribution is -2.14. The molecule has 0 unspecified atom stereocenters. The minimum atomic E-state index is -0.466. The topological polar surface area (TPSA) is 115 Å². The Morgan fingerprint density at radius 1 is 1.39 bits per heavy atom. The van der Waals surface area contributed by atoms with Crippen LogP contribution in [-0.4, -0.2) is 35.9 Å². The summed E-state index contributed by atoms with van der Waals surface area (Å²) in [5, 5.41) is 11.9. The molecule has 23 heavy (non-hydrogen) atoms. The van der Waals surface area contributed by atoms with Gasteiger partial charge in [0.1, 0.15) is 5.69 Å². The Bertz CT molecular complexity index is 865. The number of aromatic nitrogens is 6. The fourth-order valence-corrected chi connectivity index (χ4v) is 2.90. The van der Waals surface area contributed by atoms with Crippen LogP contribution in [0.15, 0.2) is 24.5 Å². The van der Waals surface area contributed by atoms with Gasteiger partial charge in [-0.1, -0.05) is 0 Å². The van der Waals surface area contributed by atoms with Gasteiger partial charge in [-0.2, -0.15) is 10.2 Å². The number of nitrogens with zero attached hydrogens (tertiary/aromatic N) is 5. The maximum Gasteiger partial charge on any atom is 0.225 e. The zero-order valence-electron chi connectivity index (χ0n) is 12.4. The number of rotatable bonds is 4. The van der Waals surface area contributed by atoms with Crippen LogP contribution >= 0.6 is 0 Å². The number of amides is 1. The van der Waals surface area contributed by atoms with Crippen molar-refractivity contribution in [3.05, 3.63) is 41.6 Å². The summed E-state index contributed by atoms with van der Waals surface area (Å²) in [4.78, 5) is 19.8. The Morgan fingerprint density at radius 3 is 3.09 bits per heavy atom. The van der Waals surface area contributed by atoms with Crippen molar-refractivity contribution in [2.24, 2.45) is 5.73 Å². The highest BCUT2D eigenvalue weighted by Crippen LogP contribution is 2.30. The second-order valence-corrected chi connectivity index (χ2v) is 5.50. The van der Waals surface area contributed by atoms with Gasteiger partial charge in [0.15, 0.2) is 11.6 Å². The molecule has 0 bridgehead atoms. The Labute approximate surface area is 131 Å². The van der Waals surface area contributed by atoms with Gasteiger partial charge < -0.3 is 5.73 Å². The summed E-state index contributed by atoms with van der Waals surface area (Å²) in [6.07, 6.45) is 6.44. The molecule has 0 aliphatic heterocycles. The summed E-state index contributed by atoms with van der Waals surface area (Å²) in [5.74, 6) is 0.520. The van der Waals surface area contributed by atoms with Crippen LogP contribution in [0, 0.1) is 0 Å². The average molecular weight is 309 g/mol. The Morgan fingerprint density at radius 2 is 2.30 bits per heavy atom. The molecule has 116 valence electrons.